The normalized spacial score (nSPS) is 12.6. The van der Waals surface area contributed by atoms with Crippen molar-refractivity contribution in [2.24, 2.45) is 0 Å². The highest BCUT2D eigenvalue weighted by molar-refractivity contribution is 7.10. The van der Waals surface area contributed by atoms with E-state index in [4.69, 9.17) is 5.11 Å². The largest absolute Gasteiger partial charge is 0.478 e. The monoisotopic (exact) mass is 786 g/mol. The molecule has 0 atom stereocenters. The first-order chi connectivity index (χ1) is 26.7. The summed E-state index contributed by atoms with van der Waals surface area (Å²) in [7, 11) is 0. The number of anilines is 1. The summed E-state index contributed by atoms with van der Waals surface area (Å²) in [6.45, 7) is 1.15. The van der Waals surface area contributed by atoms with Gasteiger partial charge in [-0.15, -0.1) is 11.3 Å². The fourth-order valence-corrected chi connectivity index (χ4v) is 6.94. The molecule has 13 heteroatoms. The molecule has 6 nitrogen and oxygen atoms in total. The molecule has 5 aromatic carbocycles. The molecule has 56 heavy (non-hydrogen) atoms. The van der Waals surface area contributed by atoms with E-state index in [1.54, 1.807) is 53.8 Å². The lowest BCUT2D eigenvalue weighted by Gasteiger charge is -2.29. The molecule has 1 aliphatic heterocycles. The third-order valence-electron chi connectivity index (χ3n) is 9.11. The molecular formula is C43H32F6N2O4S. The number of benzene rings is 5. The molecule has 0 bridgehead atoms. The topological polar surface area (TPSA) is 86.7 Å². The Labute approximate surface area is 321 Å². The van der Waals surface area contributed by atoms with Gasteiger partial charge in [-0.2, -0.15) is 26.3 Å². The van der Waals surface area contributed by atoms with Gasteiger partial charge in [-0.05, 0) is 99.8 Å². The first-order valence-corrected chi connectivity index (χ1v) is 18.1. The van der Waals surface area contributed by atoms with Crippen LogP contribution in [-0.2, 0) is 36.5 Å². The van der Waals surface area contributed by atoms with Crippen LogP contribution in [0.5, 0.6) is 0 Å². The maximum Gasteiger partial charge on any atom is 0.416 e. The van der Waals surface area contributed by atoms with Crippen molar-refractivity contribution in [3.63, 3.8) is 0 Å². The highest BCUT2D eigenvalue weighted by Crippen LogP contribution is 2.34. The molecule has 0 saturated carbocycles. The Morgan fingerprint density at radius 2 is 1.21 bits per heavy atom. The minimum absolute atomic E-state index is 0.0576. The highest BCUT2D eigenvalue weighted by atomic mass is 32.1. The van der Waals surface area contributed by atoms with E-state index in [-0.39, 0.29) is 17.4 Å². The standard InChI is InChI=1S/C29H23F3N2O2S.C14H9F3O2/c30-29(31,32)22-10-7-19(8-11-22)25-5-1-2-6-26(25)28(36)33-23-12-9-21-18-34(14-13-20(21)16-23)27(35)17-24-4-3-15-37-24;15-14(16,17)10-7-5-9(6-8-10)11-3-1-2-4-12(11)13(18)19/h1-12,15-16H,13-14,17-18H2,(H,33,36);1-8H,(H,18,19). The van der Waals surface area contributed by atoms with Crippen molar-refractivity contribution in [3.05, 3.63) is 171 Å². The summed E-state index contributed by atoms with van der Waals surface area (Å²) in [5.74, 6) is -1.36. The number of rotatable bonds is 7. The molecule has 0 spiro atoms. The van der Waals surface area contributed by atoms with Gasteiger partial charge in [-0.1, -0.05) is 72.8 Å². The molecule has 1 aromatic heterocycles. The number of nitrogens with zero attached hydrogens (tertiary/aromatic N) is 1. The molecule has 2 amide bonds. The Kier molecular flexibility index (Phi) is 11.7. The van der Waals surface area contributed by atoms with Crippen molar-refractivity contribution in [2.45, 2.75) is 31.7 Å². The van der Waals surface area contributed by atoms with Crippen molar-refractivity contribution in [3.8, 4) is 22.3 Å². The first-order valence-electron chi connectivity index (χ1n) is 17.2. The van der Waals surface area contributed by atoms with E-state index >= 15 is 0 Å². The zero-order chi connectivity index (χ0) is 40.0. The number of carboxylic acid groups (broad SMARTS) is 1. The molecule has 286 valence electrons. The van der Waals surface area contributed by atoms with E-state index in [2.05, 4.69) is 5.32 Å². The smallest absolute Gasteiger partial charge is 0.416 e. The minimum Gasteiger partial charge on any atom is -0.478 e. The number of alkyl halides is 6. The number of nitrogens with one attached hydrogen (secondary N) is 1. The number of hydrogen-bond acceptors (Lipinski definition) is 4. The first kappa shape index (κ1) is 39.5. The summed E-state index contributed by atoms with van der Waals surface area (Å²) >= 11 is 1.57. The second-order valence-corrected chi connectivity index (χ2v) is 13.8. The lowest BCUT2D eigenvalue weighted by molar-refractivity contribution is -0.138. The zero-order valence-electron chi connectivity index (χ0n) is 29.3. The van der Waals surface area contributed by atoms with E-state index in [1.165, 1.54) is 30.3 Å². The fourth-order valence-electron chi connectivity index (χ4n) is 6.25. The van der Waals surface area contributed by atoms with Crippen molar-refractivity contribution in [1.82, 2.24) is 4.90 Å². The van der Waals surface area contributed by atoms with Crippen LogP contribution in [-0.4, -0.2) is 34.3 Å². The number of carbonyl (C=O) groups is 3. The van der Waals surface area contributed by atoms with Gasteiger partial charge < -0.3 is 15.3 Å². The third-order valence-corrected chi connectivity index (χ3v) is 9.99. The van der Waals surface area contributed by atoms with Gasteiger partial charge in [0.2, 0.25) is 5.91 Å². The van der Waals surface area contributed by atoms with E-state index in [0.717, 1.165) is 40.3 Å². The van der Waals surface area contributed by atoms with Crippen LogP contribution >= 0.6 is 11.3 Å². The third kappa shape index (κ3) is 9.53. The second kappa shape index (κ2) is 16.7. The molecule has 0 saturated heterocycles. The van der Waals surface area contributed by atoms with Crippen molar-refractivity contribution in [2.75, 3.05) is 11.9 Å². The van der Waals surface area contributed by atoms with Crippen LogP contribution in [0.25, 0.3) is 22.3 Å². The number of aromatic carboxylic acids is 1. The Bertz CT molecular complexity index is 2340. The van der Waals surface area contributed by atoms with E-state index in [0.29, 0.717) is 59.4 Å². The number of thiophene rings is 1. The predicted octanol–water partition coefficient (Wildman–Crippen LogP) is 10.9. The lowest BCUT2D eigenvalue weighted by atomic mass is 9.97. The second-order valence-electron chi connectivity index (χ2n) is 12.8. The van der Waals surface area contributed by atoms with Crippen molar-refractivity contribution in [1.29, 1.82) is 0 Å². The van der Waals surface area contributed by atoms with Gasteiger partial charge in [0.15, 0.2) is 0 Å². The van der Waals surface area contributed by atoms with Gasteiger partial charge in [0, 0.05) is 29.2 Å². The number of amides is 2. The molecule has 0 radical (unpaired) electrons. The Hall–Kier alpha value is -6.21. The lowest BCUT2D eigenvalue weighted by Crippen LogP contribution is -2.36. The van der Waals surface area contributed by atoms with Crippen LogP contribution in [0.1, 0.15) is 47.8 Å². The Morgan fingerprint density at radius 3 is 1.75 bits per heavy atom. The van der Waals surface area contributed by atoms with Crippen LogP contribution in [0, 0.1) is 0 Å². The fraction of sp³-hybridized carbons (Fsp3) is 0.140. The molecule has 2 heterocycles. The van der Waals surface area contributed by atoms with E-state index in [9.17, 15) is 40.7 Å². The molecule has 0 aliphatic carbocycles. The molecule has 2 N–H and O–H groups in total. The minimum atomic E-state index is -4.42. The maximum absolute atomic E-state index is 13.2. The van der Waals surface area contributed by atoms with Gasteiger partial charge in [0.05, 0.1) is 23.1 Å². The summed E-state index contributed by atoms with van der Waals surface area (Å²) in [5, 5.41) is 13.9. The SMILES string of the molecule is O=C(Nc1ccc2c(c1)CCN(C(=O)Cc1cccs1)C2)c1ccccc1-c1ccc(C(F)(F)F)cc1.O=C(O)c1ccccc1-c1ccc(C(F)(F)F)cc1. The maximum atomic E-state index is 13.2. The molecule has 6 aromatic rings. The average molecular weight is 787 g/mol. The van der Waals surface area contributed by atoms with Crippen LogP contribution in [0.4, 0.5) is 32.0 Å². The van der Waals surface area contributed by atoms with Gasteiger partial charge >= 0.3 is 18.3 Å². The Balaban J connectivity index is 0.000000235. The molecular weight excluding hydrogens is 755 g/mol. The molecule has 1 aliphatic rings. The van der Waals surface area contributed by atoms with E-state index < -0.39 is 29.4 Å². The van der Waals surface area contributed by atoms with Gasteiger partial charge in [-0.3, -0.25) is 9.59 Å². The summed E-state index contributed by atoms with van der Waals surface area (Å²) < 4.78 is 76.1. The molecule has 7 rings (SSSR count). The summed E-state index contributed by atoms with van der Waals surface area (Å²) in [4.78, 5) is 39.8. The van der Waals surface area contributed by atoms with Crippen molar-refractivity contribution >= 4 is 34.8 Å². The Morgan fingerprint density at radius 1 is 0.661 bits per heavy atom. The van der Waals surface area contributed by atoms with Crippen LogP contribution < -0.4 is 5.32 Å². The van der Waals surface area contributed by atoms with Crippen LogP contribution in [0.2, 0.25) is 0 Å². The molecule has 0 fully saturated rings. The quantitative estimate of drug-likeness (QED) is 0.158. The van der Waals surface area contributed by atoms with Gasteiger partial charge in [-0.25, -0.2) is 4.79 Å². The number of fused-ring (bicyclic) bond motifs is 1. The van der Waals surface area contributed by atoms with Crippen molar-refractivity contribution < 1.29 is 45.8 Å². The number of halogens is 6. The summed E-state index contributed by atoms with van der Waals surface area (Å²) in [6, 6.07) is 31.8. The average Bonchev–Trinajstić information content (AvgIpc) is 3.70. The van der Waals surface area contributed by atoms with E-state index in [1.807, 2.05) is 40.6 Å². The van der Waals surface area contributed by atoms with Crippen LogP contribution in [0.3, 0.4) is 0 Å². The molecule has 0 unspecified atom stereocenters. The van der Waals surface area contributed by atoms with Crippen LogP contribution in [0.15, 0.2) is 133 Å². The highest BCUT2D eigenvalue weighted by Gasteiger charge is 2.31. The van der Waals surface area contributed by atoms with Gasteiger partial charge in [0.1, 0.15) is 0 Å². The number of carbonyl (C=O) groups excluding carboxylic acids is 2. The predicted molar refractivity (Wildman–Crippen MR) is 202 cm³/mol. The number of hydrogen-bond donors (Lipinski definition) is 2. The zero-order valence-corrected chi connectivity index (χ0v) is 30.1. The number of carboxylic acids is 1. The van der Waals surface area contributed by atoms with Gasteiger partial charge in [0.25, 0.3) is 5.91 Å². The summed E-state index contributed by atoms with van der Waals surface area (Å²) in [5.41, 5.74) is 3.58. The summed E-state index contributed by atoms with van der Waals surface area (Å²) in [6.07, 6.45) is -7.72.